The molecule has 2 nitrogen and oxygen atoms in total. The topological polar surface area (TPSA) is 35.2 Å². The molecule has 0 heterocycles. The maximum atomic E-state index is 13.4. The number of alkyl halides is 3. The van der Waals surface area contributed by atoms with Gasteiger partial charge >= 0.3 is 6.36 Å². The van der Waals surface area contributed by atoms with Crippen molar-refractivity contribution in [2.24, 2.45) is 0 Å². The molecule has 0 radical (unpaired) electrons. The summed E-state index contributed by atoms with van der Waals surface area (Å²) in [4.78, 5) is 0. The Hall–Kier alpha value is -1.76. The Balaban J connectivity index is 2.46. The molecule has 7 heteroatoms. The summed E-state index contributed by atoms with van der Waals surface area (Å²) < 4.78 is 54.0. The van der Waals surface area contributed by atoms with E-state index in [1.165, 1.54) is 18.2 Å². The van der Waals surface area contributed by atoms with Crippen LogP contribution in [0.1, 0.15) is 0 Å². The minimum Gasteiger partial charge on any atom is -0.406 e. The van der Waals surface area contributed by atoms with Gasteiger partial charge in [-0.05, 0) is 45.8 Å². The van der Waals surface area contributed by atoms with Crippen molar-refractivity contribution in [3.05, 3.63) is 46.7 Å². The minimum absolute atomic E-state index is 0.232. The fraction of sp³-hybridized carbons (Fsp3) is 0.0769. The predicted molar refractivity (Wildman–Crippen MR) is 70.6 cm³/mol. The van der Waals surface area contributed by atoms with Crippen molar-refractivity contribution in [2.75, 3.05) is 5.73 Å². The molecule has 0 amide bonds. The summed E-state index contributed by atoms with van der Waals surface area (Å²) in [6.45, 7) is 0. The normalized spacial score (nSPS) is 11.4. The Morgan fingerprint density at radius 2 is 1.80 bits per heavy atom. The van der Waals surface area contributed by atoms with E-state index >= 15 is 0 Å². The molecule has 2 aromatic carbocycles. The lowest BCUT2D eigenvalue weighted by molar-refractivity contribution is -0.274. The number of ether oxygens (including phenoxy) is 1. The average Bonchev–Trinajstić information content (AvgIpc) is 2.32. The van der Waals surface area contributed by atoms with Gasteiger partial charge in [0.05, 0.1) is 5.69 Å². The van der Waals surface area contributed by atoms with E-state index in [1.807, 2.05) is 0 Å². The second-order valence-corrected chi connectivity index (χ2v) is 4.78. The summed E-state index contributed by atoms with van der Waals surface area (Å²) in [5, 5.41) is 0. The summed E-state index contributed by atoms with van der Waals surface area (Å²) in [5.41, 5.74) is 6.62. The maximum Gasteiger partial charge on any atom is 0.573 e. The second kappa shape index (κ2) is 5.32. The first kappa shape index (κ1) is 14.6. The van der Waals surface area contributed by atoms with Crippen molar-refractivity contribution in [1.82, 2.24) is 0 Å². The zero-order valence-electron chi connectivity index (χ0n) is 9.84. The molecule has 0 aliphatic heterocycles. The molecule has 0 spiro atoms. The molecule has 0 unspecified atom stereocenters. The lowest BCUT2D eigenvalue weighted by Crippen LogP contribution is -2.17. The molecule has 0 atom stereocenters. The molecule has 0 aromatic heterocycles. The quantitative estimate of drug-likeness (QED) is 0.628. The summed E-state index contributed by atoms with van der Waals surface area (Å²) >= 11 is 3.09. The van der Waals surface area contributed by atoms with Crippen LogP contribution in [0.2, 0.25) is 0 Å². The zero-order chi connectivity index (χ0) is 14.9. The monoisotopic (exact) mass is 349 g/mol. The number of nitrogen functional groups attached to an aromatic ring is 1. The smallest absolute Gasteiger partial charge is 0.406 e. The van der Waals surface area contributed by atoms with Crippen LogP contribution in [0, 0.1) is 5.82 Å². The first-order valence-electron chi connectivity index (χ1n) is 5.37. The Bertz CT molecular complexity index is 643. The van der Waals surface area contributed by atoms with Gasteiger partial charge in [-0.2, -0.15) is 0 Å². The summed E-state index contributed by atoms with van der Waals surface area (Å²) in [5.74, 6) is -0.946. The third-order valence-corrected chi connectivity index (χ3v) is 3.13. The Morgan fingerprint density at radius 1 is 1.10 bits per heavy atom. The van der Waals surface area contributed by atoms with Crippen LogP contribution >= 0.6 is 15.9 Å². The standard InChI is InChI=1S/C13H8BrF4NO/c14-11-6-8(15)5-10(12(11)19)7-2-1-3-9(4-7)20-13(16,17)18/h1-6H,19H2. The highest BCUT2D eigenvalue weighted by Gasteiger charge is 2.31. The van der Waals surface area contributed by atoms with Crippen LogP contribution in [-0.4, -0.2) is 6.36 Å². The van der Waals surface area contributed by atoms with Crippen LogP contribution < -0.4 is 10.5 Å². The molecule has 0 aliphatic carbocycles. The number of anilines is 1. The van der Waals surface area contributed by atoms with Crippen molar-refractivity contribution in [3.63, 3.8) is 0 Å². The third kappa shape index (κ3) is 3.41. The Kier molecular flexibility index (Phi) is 3.89. The number of benzene rings is 2. The van der Waals surface area contributed by atoms with Crippen LogP contribution in [0.5, 0.6) is 5.75 Å². The lowest BCUT2D eigenvalue weighted by Gasteiger charge is -2.12. The van der Waals surface area contributed by atoms with E-state index < -0.39 is 17.9 Å². The minimum atomic E-state index is -4.79. The third-order valence-electron chi connectivity index (χ3n) is 2.47. The predicted octanol–water partition coefficient (Wildman–Crippen LogP) is 4.74. The van der Waals surface area contributed by atoms with Gasteiger partial charge in [0.15, 0.2) is 0 Å². The van der Waals surface area contributed by atoms with Crippen LogP contribution in [0.25, 0.3) is 11.1 Å². The molecule has 0 bridgehead atoms. The van der Waals surface area contributed by atoms with Crippen molar-refractivity contribution in [2.45, 2.75) is 6.36 Å². The highest BCUT2D eigenvalue weighted by molar-refractivity contribution is 9.10. The largest absolute Gasteiger partial charge is 0.573 e. The van der Waals surface area contributed by atoms with Crippen LogP contribution in [0.3, 0.4) is 0 Å². The van der Waals surface area contributed by atoms with Crippen LogP contribution in [0.4, 0.5) is 23.2 Å². The highest BCUT2D eigenvalue weighted by atomic mass is 79.9. The molecule has 0 saturated carbocycles. The fourth-order valence-electron chi connectivity index (χ4n) is 1.68. The molecular weight excluding hydrogens is 342 g/mol. The van der Waals surface area contributed by atoms with E-state index in [0.717, 1.165) is 18.2 Å². The highest BCUT2D eigenvalue weighted by Crippen LogP contribution is 2.35. The first-order valence-corrected chi connectivity index (χ1v) is 6.16. The molecule has 0 saturated heterocycles. The van der Waals surface area contributed by atoms with Crippen LogP contribution in [-0.2, 0) is 0 Å². The molecule has 2 rings (SSSR count). The number of rotatable bonds is 2. The molecule has 0 aliphatic rings. The Labute approximate surface area is 120 Å². The number of hydrogen-bond donors (Lipinski definition) is 1. The van der Waals surface area contributed by atoms with Crippen LogP contribution in [0.15, 0.2) is 40.9 Å². The van der Waals surface area contributed by atoms with Gasteiger partial charge in [-0.1, -0.05) is 12.1 Å². The molecule has 0 fully saturated rings. The van der Waals surface area contributed by atoms with E-state index in [-0.39, 0.29) is 11.3 Å². The molecule has 20 heavy (non-hydrogen) atoms. The van der Waals surface area contributed by atoms with Gasteiger partial charge < -0.3 is 10.5 Å². The first-order chi connectivity index (χ1) is 9.26. The molecule has 106 valence electrons. The van der Waals surface area contributed by atoms with Gasteiger partial charge in [0, 0.05) is 10.0 Å². The van der Waals surface area contributed by atoms with E-state index in [0.29, 0.717) is 10.0 Å². The summed E-state index contributed by atoms with van der Waals surface area (Å²) in [6.07, 6.45) is -4.79. The fourth-order valence-corrected chi connectivity index (χ4v) is 2.12. The van der Waals surface area contributed by atoms with Gasteiger partial charge in [-0.15, -0.1) is 13.2 Å². The molecular formula is C13H8BrF4NO. The van der Waals surface area contributed by atoms with Gasteiger partial charge in [-0.25, -0.2) is 4.39 Å². The maximum absolute atomic E-state index is 13.4. The van der Waals surface area contributed by atoms with E-state index in [4.69, 9.17) is 5.73 Å². The average molecular weight is 350 g/mol. The van der Waals surface area contributed by atoms with Gasteiger partial charge in [0.25, 0.3) is 0 Å². The number of hydrogen-bond acceptors (Lipinski definition) is 2. The van der Waals surface area contributed by atoms with E-state index in [9.17, 15) is 17.6 Å². The van der Waals surface area contributed by atoms with E-state index in [2.05, 4.69) is 20.7 Å². The summed E-state index contributed by atoms with van der Waals surface area (Å²) in [6, 6.07) is 7.50. The SMILES string of the molecule is Nc1c(Br)cc(F)cc1-c1cccc(OC(F)(F)F)c1. The lowest BCUT2D eigenvalue weighted by atomic mass is 10.0. The van der Waals surface area contributed by atoms with Crippen molar-refractivity contribution in [1.29, 1.82) is 0 Å². The zero-order valence-corrected chi connectivity index (χ0v) is 11.4. The second-order valence-electron chi connectivity index (χ2n) is 3.92. The van der Waals surface area contributed by atoms with Crippen molar-refractivity contribution in [3.8, 4) is 16.9 Å². The van der Waals surface area contributed by atoms with Gasteiger partial charge in [0.2, 0.25) is 0 Å². The Morgan fingerprint density at radius 3 is 2.45 bits per heavy atom. The molecule has 2 N–H and O–H groups in total. The van der Waals surface area contributed by atoms with Gasteiger partial charge in [-0.3, -0.25) is 0 Å². The number of nitrogens with two attached hydrogens (primary N) is 1. The number of halogens is 5. The molecule has 2 aromatic rings. The van der Waals surface area contributed by atoms with Gasteiger partial charge in [0.1, 0.15) is 11.6 Å². The van der Waals surface area contributed by atoms with Crippen molar-refractivity contribution < 1.29 is 22.3 Å². The van der Waals surface area contributed by atoms with E-state index in [1.54, 1.807) is 0 Å². The summed E-state index contributed by atoms with van der Waals surface area (Å²) in [7, 11) is 0. The van der Waals surface area contributed by atoms with Crippen molar-refractivity contribution >= 4 is 21.6 Å².